The molecule has 0 atom stereocenters. The quantitative estimate of drug-likeness (QED) is 0.586. The third-order valence-electron chi connectivity index (χ3n) is 1.47. The van der Waals surface area contributed by atoms with Gasteiger partial charge in [-0.1, -0.05) is 0 Å². The van der Waals surface area contributed by atoms with E-state index in [2.05, 4.69) is 26.0 Å². The summed E-state index contributed by atoms with van der Waals surface area (Å²) in [4.78, 5) is 8.25. The Labute approximate surface area is 72.5 Å². The first kappa shape index (κ1) is 6.77. The molecule has 11 heavy (non-hydrogen) atoms. The molecule has 0 N–H and O–H groups in total. The monoisotopic (exact) mass is 209 g/mol. The minimum absolute atomic E-state index is 0.698. The second-order valence-electron chi connectivity index (χ2n) is 2.21. The summed E-state index contributed by atoms with van der Waals surface area (Å²) in [5.41, 5.74) is 0.983. The number of para-hydroxylation sites is 1. The van der Waals surface area contributed by atoms with Crippen molar-refractivity contribution in [1.29, 1.82) is 0 Å². The van der Waals surface area contributed by atoms with Crippen LogP contribution in [0, 0.1) is 0 Å². The predicted molar refractivity (Wildman–Crippen MR) is 44.9 cm³/mol. The van der Waals surface area contributed by atoms with Crippen LogP contribution in [-0.2, 0) is 0 Å². The number of nitrogens with zero attached hydrogens (tertiary/aromatic N) is 2. The predicted octanol–water partition coefficient (Wildman–Crippen LogP) is 0.424. The molecule has 0 saturated carbocycles. The molecular formula is C8H5N2Se. The van der Waals surface area contributed by atoms with Gasteiger partial charge in [0, 0.05) is 0 Å². The molecule has 3 heteroatoms. The van der Waals surface area contributed by atoms with Crippen LogP contribution in [0.1, 0.15) is 0 Å². The SMILES string of the molecule is [Se]c1ncc2ccccc2n1. The van der Waals surface area contributed by atoms with Crippen molar-refractivity contribution < 1.29 is 0 Å². The van der Waals surface area contributed by atoms with Gasteiger partial charge in [-0.15, -0.1) is 0 Å². The van der Waals surface area contributed by atoms with Gasteiger partial charge in [-0.3, -0.25) is 0 Å². The minimum atomic E-state index is 0.698. The molecule has 0 saturated heterocycles. The van der Waals surface area contributed by atoms with Crippen LogP contribution >= 0.6 is 0 Å². The van der Waals surface area contributed by atoms with Gasteiger partial charge in [-0.2, -0.15) is 0 Å². The first-order valence-corrected chi connectivity index (χ1v) is 4.11. The molecule has 2 aromatic rings. The van der Waals surface area contributed by atoms with Crippen LogP contribution in [0.4, 0.5) is 0 Å². The van der Waals surface area contributed by atoms with Crippen molar-refractivity contribution in [2.75, 3.05) is 0 Å². The van der Waals surface area contributed by atoms with Crippen LogP contribution in [0.2, 0.25) is 0 Å². The fourth-order valence-corrected chi connectivity index (χ4v) is 1.27. The Balaban J connectivity index is 2.83. The van der Waals surface area contributed by atoms with Gasteiger partial charge in [0.05, 0.1) is 0 Å². The molecule has 0 bridgehead atoms. The van der Waals surface area contributed by atoms with E-state index >= 15 is 0 Å². The van der Waals surface area contributed by atoms with E-state index in [4.69, 9.17) is 0 Å². The van der Waals surface area contributed by atoms with Crippen molar-refractivity contribution in [2.45, 2.75) is 0 Å². The molecule has 0 unspecified atom stereocenters. The Bertz CT molecular complexity index is 387. The second-order valence-corrected chi connectivity index (χ2v) is 2.98. The van der Waals surface area contributed by atoms with Gasteiger partial charge < -0.3 is 0 Å². The van der Waals surface area contributed by atoms with E-state index in [0.717, 1.165) is 10.9 Å². The van der Waals surface area contributed by atoms with Crippen LogP contribution < -0.4 is 4.72 Å². The number of aromatic nitrogens is 2. The van der Waals surface area contributed by atoms with E-state index in [-0.39, 0.29) is 0 Å². The first-order chi connectivity index (χ1) is 5.36. The Hall–Kier alpha value is -0.921. The van der Waals surface area contributed by atoms with Gasteiger partial charge in [0.25, 0.3) is 0 Å². The van der Waals surface area contributed by atoms with Crippen molar-refractivity contribution in [3.05, 3.63) is 30.5 Å². The molecule has 53 valence electrons. The van der Waals surface area contributed by atoms with Crippen LogP contribution in [-0.4, -0.2) is 26.0 Å². The van der Waals surface area contributed by atoms with Crippen molar-refractivity contribution in [1.82, 2.24) is 9.97 Å². The molecule has 1 heterocycles. The van der Waals surface area contributed by atoms with Gasteiger partial charge in [-0.25, -0.2) is 0 Å². The maximum atomic E-state index is 4.21. The zero-order chi connectivity index (χ0) is 7.68. The maximum absolute atomic E-state index is 4.21. The molecule has 0 amide bonds. The van der Waals surface area contributed by atoms with Crippen molar-refractivity contribution in [3.63, 3.8) is 0 Å². The third kappa shape index (κ3) is 1.25. The van der Waals surface area contributed by atoms with Crippen LogP contribution in [0.25, 0.3) is 10.9 Å². The molecule has 2 rings (SSSR count). The van der Waals surface area contributed by atoms with Gasteiger partial charge in [0.2, 0.25) is 0 Å². The van der Waals surface area contributed by atoms with Crippen molar-refractivity contribution >= 4 is 31.6 Å². The molecule has 1 radical (unpaired) electrons. The zero-order valence-electron chi connectivity index (χ0n) is 5.69. The summed E-state index contributed by atoms with van der Waals surface area (Å²) in [5, 5.41) is 1.08. The number of hydrogen-bond donors (Lipinski definition) is 0. The normalized spacial score (nSPS) is 10.2. The third-order valence-corrected chi connectivity index (χ3v) is 1.88. The van der Waals surface area contributed by atoms with E-state index in [1.807, 2.05) is 30.5 Å². The standard InChI is InChI=1S/C8H5N2Se/c11-8-9-5-6-3-1-2-4-7(6)10-8/h1-5H. The van der Waals surface area contributed by atoms with Gasteiger partial charge in [0.15, 0.2) is 0 Å². The Kier molecular flexibility index (Phi) is 1.60. The average Bonchev–Trinajstić information content (AvgIpc) is 2.04. The second kappa shape index (κ2) is 2.61. The van der Waals surface area contributed by atoms with Gasteiger partial charge in [-0.05, 0) is 0 Å². The van der Waals surface area contributed by atoms with E-state index in [1.54, 1.807) is 0 Å². The number of hydrogen-bond acceptors (Lipinski definition) is 2. The molecule has 0 spiro atoms. The molecule has 0 aliphatic heterocycles. The molecule has 2 nitrogen and oxygen atoms in total. The molecule has 1 aromatic carbocycles. The van der Waals surface area contributed by atoms with Crippen LogP contribution in [0.15, 0.2) is 30.5 Å². The summed E-state index contributed by atoms with van der Waals surface area (Å²) in [7, 11) is 0. The summed E-state index contributed by atoms with van der Waals surface area (Å²) in [6.07, 6.45) is 1.81. The van der Waals surface area contributed by atoms with E-state index in [0.29, 0.717) is 4.72 Å². The van der Waals surface area contributed by atoms with Crippen LogP contribution in [0.3, 0.4) is 0 Å². The molecule has 1 aromatic heterocycles. The summed E-state index contributed by atoms with van der Waals surface area (Å²) in [6.45, 7) is 0. The molecule has 0 fully saturated rings. The van der Waals surface area contributed by atoms with Crippen molar-refractivity contribution in [2.24, 2.45) is 0 Å². The number of fused-ring (bicyclic) bond motifs is 1. The van der Waals surface area contributed by atoms with E-state index < -0.39 is 0 Å². The zero-order valence-corrected chi connectivity index (χ0v) is 7.40. The molecular weight excluding hydrogens is 203 g/mol. The summed E-state index contributed by atoms with van der Waals surface area (Å²) in [5.74, 6) is 0. The van der Waals surface area contributed by atoms with E-state index in [9.17, 15) is 0 Å². The van der Waals surface area contributed by atoms with Gasteiger partial charge >= 0.3 is 72.1 Å². The number of rotatable bonds is 0. The van der Waals surface area contributed by atoms with E-state index in [1.165, 1.54) is 0 Å². The topological polar surface area (TPSA) is 25.8 Å². The molecule has 0 aliphatic carbocycles. The first-order valence-electron chi connectivity index (χ1n) is 3.25. The fourth-order valence-electron chi connectivity index (χ4n) is 0.955. The Morgan fingerprint density at radius 1 is 1.18 bits per heavy atom. The summed E-state index contributed by atoms with van der Waals surface area (Å²) >= 11 is 2.77. The number of benzene rings is 1. The fraction of sp³-hybridized carbons (Fsp3) is 0. The van der Waals surface area contributed by atoms with Gasteiger partial charge in [0.1, 0.15) is 0 Å². The van der Waals surface area contributed by atoms with Crippen molar-refractivity contribution in [3.8, 4) is 0 Å². The van der Waals surface area contributed by atoms with Crippen LogP contribution in [0.5, 0.6) is 0 Å². The average molecular weight is 208 g/mol. The summed E-state index contributed by atoms with van der Waals surface area (Å²) < 4.78 is 0.698. The summed E-state index contributed by atoms with van der Waals surface area (Å²) in [6, 6.07) is 7.91. The Morgan fingerprint density at radius 3 is 2.91 bits per heavy atom. The molecule has 0 aliphatic rings. The Morgan fingerprint density at radius 2 is 2.00 bits per heavy atom.